The number of nitrogens with zero attached hydrogens (tertiary/aromatic N) is 1. The molecule has 2 aromatic carbocycles. The number of aliphatic hydroxyl groups excluding tert-OH is 1. The molecule has 0 spiro atoms. The second-order valence-electron chi connectivity index (χ2n) is 9.59. The lowest BCUT2D eigenvalue weighted by molar-refractivity contribution is -0.126. The van der Waals surface area contributed by atoms with Crippen LogP contribution in [0.2, 0.25) is 0 Å². The number of hydrogen-bond donors (Lipinski definition) is 4. The molecule has 1 aromatic heterocycles. The molecule has 1 saturated heterocycles. The number of alkyl halides is 5. The van der Waals surface area contributed by atoms with E-state index in [4.69, 9.17) is 9.84 Å². The van der Waals surface area contributed by atoms with E-state index in [0.717, 1.165) is 17.4 Å². The van der Waals surface area contributed by atoms with Crippen LogP contribution in [0.5, 0.6) is 5.75 Å². The maximum atomic E-state index is 14.7. The van der Waals surface area contributed by atoms with E-state index in [1.165, 1.54) is 6.07 Å². The quantitative estimate of drug-likeness (QED) is 0.175. The number of nitrogens with one attached hydrogen (secondary N) is 3. The summed E-state index contributed by atoms with van der Waals surface area (Å²) in [6.07, 6.45) is -6.23. The highest BCUT2D eigenvalue weighted by Crippen LogP contribution is 2.39. The lowest BCUT2D eigenvalue weighted by atomic mass is 10.0. The standard InChI is InChI=1S/C28H30F6N4O2S/c1-38-10-7-21(20(31)15-38)37-22-5-2-4-17-18(14-28(32,33)34)26(41-27(17)22)6-3-8-35-24-12-19(30)23(36-9-11-39)13-25(24)40-16-29/h2,4-5,12-13,20-21,35-37,39H,7-11,14-16H2,1H3. The van der Waals surface area contributed by atoms with Crippen LogP contribution >= 0.6 is 11.3 Å². The molecular weight excluding hydrogens is 570 g/mol. The van der Waals surface area contributed by atoms with Crippen molar-refractivity contribution in [1.82, 2.24) is 4.90 Å². The van der Waals surface area contributed by atoms with Crippen molar-refractivity contribution in [3.05, 3.63) is 46.6 Å². The first-order valence-electron chi connectivity index (χ1n) is 12.9. The van der Waals surface area contributed by atoms with Crippen LogP contribution in [0.1, 0.15) is 16.9 Å². The number of halogens is 6. The minimum atomic E-state index is -4.48. The molecule has 2 atom stereocenters. The first-order valence-corrected chi connectivity index (χ1v) is 13.7. The van der Waals surface area contributed by atoms with Gasteiger partial charge in [-0.25, -0.2) is 13.2 Å². The van der Waals surface area contributed by atoms with Crippen molar-refractivity contribution >= 4 is 38.5 Å². The normalized spacial score (nSPS) is 17.7. The molecule has 4 N–H and O–H groups in total. The Hall–Kier alpha value is -3.34. The van der Waals surface area contributed by atoms with Crippen molar-refractivity contribution in [2.24, 2.45) is 0 Å². The van der Waals surface area contributed by atoms with Crippen LogP contribution in [-0.2, 0) is 6.42 Å². The van der Waals surface area contributed by atoms with Gasteiger partial charge >= 0.3 is 6.18 Å². The third-order valence-electron chi connectivity index (χ3n) is 6.56. The predicted octanol–water partition coefficient (Wildman–Crippen LogP) is 5.77. The fourth-order valence-corrected chi connectivity index (χ4v) is 5.81. The molecule has 3 aromatic rings. The van der Waals surface area contributed by atoms with Gasteiger partial charge in [0.05, 0.1) is 52.3 Å². The predicted molar refractivity (Wildman–Crippen MR) is 150 cm³/mol. The Kier molecular flexibility index (Phi) is 10.1. The molecule has 2 heterocycles. The lowest BCUT2D eigenvalue weighted by Crippen LogP contribution is -2.46. The first-order chi connectivity index (χ1) is 19.6. The van der Waals surface area contributed by atoms with E-state index in [-0.39, 0.29) is 53.8 Å². The second kappa shape index (κ2) is 13.5. The number of piperidine rings is 1. The SMILES string of the molecule is CN1CCC(Nc2cccc3c(CC(F)(F)F)c(C#CCNc4cc(F)c(NCCO)cc4OCF)sc23)C(F)C1. The summed E-state index contributed by atoms with van der Waals surface area (Å²) in [6.45, 7) is -0.477. The van der Waals surface area contributed by atoms with Crippen molar-refractivity contribution in [3.8, 4) is 17.6 Å². The number of likely N-dealkylation sites (tertiary alicyclic amines) is 1. The van der Waals surface area contributed by atoms with Gasteiger partial charge in [0, 0.05) is 31.8 Å². The van der Waals surface area contributed by atoms with Gasteiger partial charge in [-0.2, -0.15) is 13.2 Å². The summed E-state index contributed by atoms with van der Waals surface area (Å²) in [5.41, 5.74) is 0.685. The molecule has 2 unspecified atom stereocenters. The molecule has 41 heavy (non-hydrogen) atoms. The number of ether oxygens (including phenoxy) is 1. The lowest BCUT2D eigenvalue weighted by Gasteiger charge is -2.33. The fourth-order valence-electron chi connectivity index (χ4n) is 4.64. The van der Waals surface area contributed by atoms with Crippen molar-refractivity contribution in [1.29, 1.82) is 0 Å². The van der Waals surface area contributed by atoms with Crippen LogP contribution in [0, 0.1) is 17.7 Å². The number of anilines is 3. The van der Waals surface area contributed by atoms with E-state index in [2.05, 4.69) is 27.8 Å². The smallest absolute Gasteiger partial charge is 0.393 e. The molecule has 1 fully saturated rings. The number of hydrogen-bond acceptors (Lipinski definition) is 7. The average molecular weight is 601 g/mol. The highest BCUT2D eigenvalue weighted by molar-refractivity contribution is 7.20. The van der Waals surface area contributed by atoms with E-state index < -0.39 is 37.5 Å². The zero-order chi connectivity index (χ0) is 29.6. The van der Waals surface area contributed by atoms with Gasteiger partial charge in [0.25, 0.3) is 0 Å². The largest absolute Gasteiger partial charge is 0.461 e. The number of thiophene rings is 1. The summed E-state index contributed by atoms with van der Waals surface area (Å²) < 4.78 is 88.1. The zero-order valence-corrected chi connectivity index (χ0v) is 23.0. The van der Waals surface area contributed by atoms with E-state index in [0.29, 0.717) is 28.7 Å². The molecule has 0 aliphatic carbocycles. The summed E-state index contributed by atoms with van der Waals surface area (Å²) in [4.78, 5) is 2.10. The van der Waals surface area contributed by atoms with Gasteiger partial charge < -0.3 is 30.7 Å². The Morgan fingerprint density at radius 2 is 1.98 bits per heavy atom. The summed E-state index contributed by atoms with van der Waals surface area (Å²) in [6, 6.07) is 6.79. The van der Waals surface area contributed by atoms with Gasteiger partial charge in [-0.05, 0) is 30.5 Å². The van der Waals surface area contributed by atoms with Crippen LogP contribution in [0.15, 0.2) is 30.3 Å². The van der Waals surface area contributed by atoms with Gasteiger partial charge in [0.15, 0.2) is 0 Å². The summed E-state index contributed by atoms with van der Waals surface area (Å²) in [7, 11) is 1.84. The van der Waals surface area contributed by atoms with E-state index in [9.17, 15) is 26.3 Å². The highest BCUT2D eigenvalue weighted by atomic mass is 32.1. The third kappa shape index (κ3) is 7.90. The van der Waals surface area contributed by atoms with Crippen LogP contribution < -0.4 is 20.7 Å². The Morgan fingerprint density at radius 1 is 1.17 bits per heavy atom. The third-order valence-corrected chi connectivity index (χ3v) is 7.75. The molecule has 1 aliphatic heterocycles. The molecule has 222 valence electrons. The van der Waals surface area contributed by atoms with Crippen LogP contribution in [0.25, 0.3) is 10.1 Å². The molecule has 13 heteroatoms. The summed E-state index contributed by atoms with van der Waals surface area (Å²) >= 11 is 1.09. The van der Waals surface area contributed by atoms with Crippen LogP contribution in [0.3, 0.4) is 0 Å². The fraction of sp³-hybridized carbons (Fsp3) is 0.429. The maximum Gasteiger partial charge on any atom is 0.393 e. The molecule has 0 radical (unpaired) electrons. The van der Waals surface area contributed by atoms with Crippen LogP contribution in [-0.4, -0.2) is 75.1 Å². The Morgan fingerprint density at radius 3 is 2.68 bits per heavy atom. The molecule has 1 aliphatic rings. The zero-order valence-electron chi connectivity index (χ0n) is 22.2. The van der Waals surface area contributed by atoms with Gasteiger partial charge in [-0.3, -0.25) is 0 Å². The molecule has 4 rings (SSSR count). The molecule has 0 amide bonds. The molecule has 0 saturated carbocycles. The van der Waals surface area contributed by atoms with E-state index >= 15 is 0 Å². The summed E-state index contributed by atoms with van der Waals surface area (Å²) in [5, 5.41) is 18.0. The Bertz CT molecular complexity index is 1400. The molecule has 6 nitrogen and oxygen atoms in total. The monoisotopic (exact) mass is 600 g/mol. The Labute approximate surface area is 237 Å². The Balaban J connectivity index is 1.59. The maximum absolute atomic E-state index is 14.7. The number of aliphatic hydroxyl groups is 1. The van der Waals surface area contributed by atoms with Gasteiger partial charge in [0.2, 0.25) is 6.86 Å². The van der Waals surface area contributed by atoms with E-state index in [1.54, 1.807) is 18.2 Å². The second-order valence-corrected chi connectivity index (χ2v) is 10.6. The first kappa shape index (κ1) is 30.6. The van der Waals surface area contributed by atoms with Crippen LogP contribution in [0.4, 0.5) is 43.4 Å². The summed E-state index contributed by atoms with van der Waals surface area (Å²) in [5.74, 6) is 4.87. The molecular formula is C28H30F6N4O2S. The van der Waals surface area contributed by atoms with Crippen molar-refractivity contribution < 1.29 is 36.2 Å². The van der Waals surface area contributed by atoms with Gasteiger partial charge in [0.1, 0.15) is 17.7 Å². The average Bonchev–Trinajstić information content (AvgIpc) is 3.25. The molecule has 0 bridgehead atoms. The van der Waals surface area contributed by atoms with E-state index in [1.807, 2.05) is 11.9 Å². The highest BCUT2D eigenvalue weighted by Gasteiger charge is 2.32. The van der Waals surface area contributed by atoms with Gasteiger partial charge in [-0.1, -0.05) is 24.0 Å². The number of benzene rings is 2. The number of rotatable bonds is 10. The minimum Gasteiger partial charge on any atom is -0.461 e. The number of fused-ring (bicyclic) bond motifs is 1. The van der Waals surface area contributed by atoms with Crippen molar-refractivity contribution in [2.45, 2.75) is 31.2 Å². The van der Waals surface area contributed by atoms with Crippen molar-refractivity contribution in [3.63, 3.8) is 0 Å². The minimum absolute atomic E-state index is 0.00458. The van der Waals surface area contributed by atoms with Crippen molar-refractivity contribution in [2.75, 3.05) is 62.6 Å². The van der Waals surface area contributed by atoms with Gasteiger partial charge in [-0.15, -0.1) is 11.3 Å². The topological polar surface area (TPSA) is 68.8 Å².